The van der Waals surface area contributed by atoms with Gasteiger partial charge >= 0.3 is 5.97 Å². The number of hydrogen-bond donors (Lipinski definition) is 1. The molecule has 7 heteroatoms. The van der Waals surface area contributed by atoms with Crippen LogP contribution in [0.1, 0.15) is 13.8 Å². The largest absolute Gasteiger partial charge is 0.480 e. The monoisotopic (exact) mass is 274 g/mol. The molecule has 0 aromatic heterocycles. The highest BCUT2D eigenvalue weighted by Gasteiger charge is 2.26. The smallest absolute Gasteiger partial charge is 0.323 e. The summed E-state index contributed by atoms with van der Waals surface area (Å²) in [4.78, 5) is 36.8. The zero-order valence-electron chi connectivity index (χ0n) is 10.6. The molecule has 1 heterocycles. The zero-order valence-corrected chi connectivity index (χ0v) is 11.4. The molecule has 0 radical (unpaired) electrons. The van der Waals surface area contributed by atoms with E-state index in [0.29, 0.717) is 18.2 Å². The maximum absolute atomic E-state index is 12.0. The number of rotatable bonds is 6. The minimum absolute atomic E-state index is 0.0220. The third kappa shape index (κ3) is 4.56. The Morgan fingerprint density at radius 2 is 2.17 bits per heavy atom. The highest BCUT2D eigenvalue weighted by atomic mass is 32.2. The average Bonchev–Trinajstić information content (AvgIpc) is 2.62. The Morgan fingerprint density at radius 3 is 2.61 bits per heavy atom. The minimum Gasteiger partial charge on any atom is -0.480 e. The number of carboxylic acid groups (broad SMARTS) is 1. The molecule has 0 spiro atoms. The Kier molecular flexibility index (Phi) is 5.46. The molecule has 1 saturated heterocycles. The molecule has 0 bridgehead atoms. The number of carboxylic acids is 1. The Morgan fingerprint density at radius 1 is 1.50 bits per heavy atom. The van der Waals surface area contributed by atoms with Gasteiger partial charge in [-0.15, -0.1) is 11.8 Å². The lowest BCUT2D eigenvalue weighted by atomic mass is 10.2. The third-order valence-electron chi connectivity index (χ3n) is 2.42. The second kappa shape index (κ2) is 6.63. The first-order chi connectivity index (χ1) is 8.40. The number of thioether (sulfide) groups is 1. The Bertz CT molecular complexity index is 346. The van der Waals surface area contributed by atoms with E-state index in [4.69, 9.17) is 5.11 Å². The molecule has 2 amide bonds. The van der Waals surface area contributed by atoms with Crippen LogP contribution in [-0.2, 0) is 14.4 Å². The molecule has 0 aromatic rings. The Labute approximate surface area is 110 Å². The average molecular weight is 274 g/mol. The molecule has 1 rings (SSSR count). The van der Waals surface area contributed by atoms with Gasteiger partial charge in [-0.1, -0.05) is 13.8 Å². The van der Waals surface area contributed by atoms with Crippen molar-refractivity contribution in [1.82, 2.24) is 9.80 Å². The normalized spacial score (nSPS) is 15.3. The molecule has 18 heavy (non-hydrogen) atoms. The maximum Gasteiger partial charge on any atom is 0.323 e. The van der Waals surface area contributed by atoms with Crippen LogP contribution in [0, 0.1) is 5.92 Å². The van der Waals surface area contributed by atoms with Crippen molar-refractivity contribution < 1.29 is 19.5 Å². The molecule has 0 atom stereocenters. The van der Waals surface area contributed by atoms with E-state index in [1.54, 1.807) is 0 Å². The summed E-state index contributed by atoms with van der Waals surface area (Å²) in [5.74, 6) is -0.304. The first-order valence-electron chi connectivity index (χ1n) is 5.75. The first-order valence-corrected chi connectivity index (χ1v) is 6.90. The molecule has 1 fully saturated rings. The van der Waals surface area contributed by atoms with Crippen LogP contribution in [0.3, 0.4) is 0 Å². The summed E-state index contributed by atoms with van der Waals surface area (Å²) in [6.07, 6.45) is 0. The minimum atomic E-state index is -1.04. The van der Waals surface area contributed by atoms with Crippen molar-refractivity contribution in [3.63, 3.8) is 0 Å². The van der Waals surface area contributed by atoms with Gasteiger partial charge < -0.3 is 14.9 Å². The summed E-state index contributed by atoms with van der Waals surface area (Å²) in [5, 5.41) is 8.78. The quantitative estimate of drug-likeness (QED) is 0.742. The van der Waals surface area contributed by atoms with E-state index in [0.717, 1.165) is 0 Å². The first kappa shape index (κ1) is 14.8. The van der Waals surface area contributed by atoms with Crippen LogP contribution in [0.5, 0.6) is 0 Å². The highest BCUT2D eigenvalue weighted by Crippen LogP contribution is 2.14. The van der Waals surface area contributed by atoms with Crippen LogP contribution in [0.4, 0.5) is 0 Å². The molecule has 0 unspecified atom stereocenters. The van der Waals surface area contributed by atoms with E-state index >= 15 is 0 Å². The van der Waals surface area contributed by atoms with Gasteiger partial charge in [-0.3, -0.25) is 14.4 Å². The van der Waals surface area contributed by atoms with E-state index in [1.165, 1.54) is 21.6 Å². The molecule has 1 aliphatic heterocycles. The summed E-state index contributed by atoms with van der Waals surface area (Å²) in [5.41, 5.74) is 0. The van der Waals surface area contributed by atoms with Crippen LogP contribution in [0.15, 0.2) is 0 Å². The molecule has 0 saturated carbocycles. The van der Waals surface area contributed by atoms with Gasteiger partial charge in [0, 0.05) is 6.54 Å². The maximum atomic E-state index is 12.0. The molecule has 1 N–H and O–H groups in total. The third-order valence-corrected chi connectivity index (χ3v) is 3.36. The van der Waals surface area contributed by atoms with Gasteiger partial charge in [-0.25, -0.2) is 0 Å². The molecule has 6 nitrogen and oxygen atoms in total. The SMILES string of the molecule is CC(C)CN(CC(=O)O)C(=O)CN1CSCC1=O. The summed E-state index contributed by atoms with van der Waals surface area (Å²) >= 11 is 1.46. The standard InChI is InChI=1S/C11H18N2O4S/c1-8(2)3-12(5-11(16)17)9(14)4-13-7-18-6-10(13)15/h8H,3-7H2,1-2H3,(H,16,17). The van der Waals surface area contributed by atoms with Crippen LogP contribution in [0.25, 0.3) is 0 Å². The van der Waals surface area contributed by atoms with Crippen molar-refractivity contribution in [2.24, 2.45) is 5.92 Å². The number of amides is 2. The van der Waals surface area contributed by atoms with Gasteiger partial charge in [0.1, 0.15) is 13.1 Å². The van der Waals surface area contributed by atoms with Crippen molar-refractivity contribution >= 4 is 29.5 Å². The summed E-state index contributed by atoms with van der Waals surface area (Å²) < 4.78 is 0. The topological polar surface area (TPSA) is 77.9 Å². The van der Waals surface area contributed by atoms with E-state index in [9.17, 15) is 14.4 Å². The van der Waals surface area contributed by atoms with Gasteiger partial charge in [0.2, 0.25) is 11.8 Å². The lowest BCUT2D eigenvalue weighted by molar-refractivity contribution is -0.146. The molecule has 1 aliphatic rings. The number of carbonyl (C=O) groups is 3. The second-order valence-electron chi connectivity index (χ2n) is 4.63. The van der Waals surface area contributed by atoms with Gasteiger partial charge in [0.25, 0.3) is 0 Å². The van der Waals surface area contributed by atoms with Crippen molar-refractivity contribution in [1.29, 1.82) is 0 Å². The molecular weight excluding hydrogens is 256 g/mol. The fourth-order valence-corrected chi connectivity index (χ4v) is 2.57. The van der Waals surface area contributed by atoms with Gasteiger partial charge in [-0.05, 0) is 5.92 Å². The number of nitrogens with zero attached hydrogens (tertiary/aromatic N) is 2. The van der Waals surface area contributed by atoms with E-state index in [2.05, 4.69) is 0 Å². The second-order valence-corrected chi connectivity index (χ2v) is 5.59. The lowest BCUT2D eigenvalue weighted by Crippen LogP contribution is -2.44. The van der Waals surface area contributed by atoms with Crippen LogP contribution in [0.2, 0.25) is 0 Å². The Hall–Kier alpha value is -1.24. The van der Waals surface area contributed by atoms with Gasteiger partial charge in [-0.2, -0.15) is 0 Å². The molecule has 102 valence electrons. The fraction of sp³-hybridized carbons (Fsp3) is 0.727. The van der Waals surface area contributed by atoms with Crippen LogP contribution in [-0.4, -0.2) is 64.0 Å². The van der Waals surface area contributed by atoms with Crippen LogP contribution >= 0.6 is 11.8 Å². The van der Waals surface area contributed by atoms with Crippen molar-refractivity contribution in [3.8, 4) is 0 Å². The molecule has 0 aliphatic carbocycles. The number of aliphatic carboxylic acids is 1. The number of carbonyl (C=O) groups excluding carboxylic acids is 2. The van der Waals surface area contributed by atoms with Gasteiger partial charge in [0.15, 0.2) is 0 Å². The van der Waals surface area contributed by atoms with Crippen molar-refractivity contribution in [3.05, 3.63) is 0 Å². The molecular formula is C11H18N2O4S. The van der Waals surface area contributed by atoms with E-state index < -0.39 is 5.97 Å². The predicted octanol–water partition coefficient (Wildman–Crippen LogP) is 0.0885. The van der Waals surface area contributed by atoms with E-state index in [1.807, 2.05) is 13.8 Å². The zero-order chi connectivity index (χ0) is 13.7. The highest BCUT2D eigenvalue weighted by molar-refractivity contribution is 8.00. The summed E-state index contributed by atoms with van der Waals surface area (Å²) in [6, 6.07) is 0. The number of hydrogen-bond acceptors (Lipinski definition) is 4. The lowest BCUT2D eigenvalue weighted by Gasteiger charge is -2.25. The summed E-state index contributed by atoms with van der Waals surface area (Å²) in [6.45, 7) is 3.89. The van der Waals surface area contributed by atoms with E-state index in [-0.39, 0.29) is 30.8 Å². The van der Waals surface area contributed by atoms with Gasteiger partial charge in [0.05, 0.1) is 11.6 Å². The van der Waals surface area contributed by atoms with Crippen LogP contribution < -0.4 is 0 Å². The fourth-order valence-electron chi connectivity index (χ4n) is 1.66. The molecule has 0 aromatic carbocycles. The Balaban J connectivity index is 2.57. The van der Waals surface area contributed by atoms with Crippen molar-refractivity contribution in [2.45, 2.75) is 13.8 Å². The predicted molar refractivity (Wildman–Crippen MR) is 68.1 cm³/mol. The summed E-state index contributed by atoms with van der Waals surface area (Å²) in [7, 11) is 0. The van der Waals surface area contributed by atoms with Crippen molar-refractivity contribution in [2.75, 3.05) is 31.3 Å².